The fourth-order valence-electron chi connectivity index (χ4n) is 3.04. The Kier molecular flexibility index (Phi) is 4.33. The van der Waals surface area contributed by atoms with Gasteiger partial charge in [-0.15, -0.1) is 0 Å². The van der Waals surface area contributed by atoms with E-state index < -0.39 is 0 Å². The molecule has 1 aromatic carbocycles. The van der Waals surface area contributed by atoms with Gasteiger partial charge in [-0.05, 0) is 31.2 Å². The van der Waals surface area contributed by atoms with Gasteiger partial charge in [0.15, 0.2) is 0 Å². The number of aromatic nitrogens is 4. The zero-order chi connectivity index (χ0) is 18.8. The molecule has 0 spiro atoms. The number of nitrogens with zero attached hydrogens (tertiary/aromatic N) is 3. The van der Waals surface area contributed by atoms with Crippen molar-refractivity contribution in [3.63, 3.8) is 0 Å². The van der Waals surface area contributed by atoms with Crippen LogP contribution in [0.5, 0.6) is 11.6 Å². The lowest BCUT2D eigenvalue weighted by Gasteiger charge is -2.08. The Bertz CT molecular complexity index is 1130. The Labute approximate surface area is 154 Å². The summed E-state index contributed by atoms with van der Waals surface area (Å²) in [5.41, 5.74) is 2.32. The molecule has 0 fully saturated rings. The summed E-state index contributed by atoms with van der Waals surface area (Å²) in [6, 6.07) is 14.8. The highest BCUT2D eigenvalue weighted by molar-refractivity contribution is 5.77. The maximum Gasteiger partial charge on any atom is 0.258 e. The van der Waals surface area contributed by atoms with Crippen molar-refractivity contribution in [1.29, 1.82) is 0 Å². The second-order valence-corrected chi connectivity index (χ2v) is 6.10. The predicted molar refractivity (Wildman–Crippen MR) is 101 cm³/mol. The summed E-state index contributed by atoms with van der Waals surface area (Å²) in [6.07, 6.45) is 1.93. The lowest BCUT2D eigenvalue weighted by atomic mass is 10.1. The molecule has 0 amide bonds. The lowest BCUT2D eigenvalue weighted by molar-refractivity contribution is 0.317. The van der Waals surface area contributed by atoms with Crippen LogP contribution >= 0.6 is 0 Å². The third kappa shape index (κ3) is 3.15. The Morgan fingerprint density at radius 3 is 2.67 bits per heavy atom. The van der Waals surface area contributed by atoms with Crippen molar-refractivity contribution in [3.8, 4) is 22.9 Å². The van der Waals surface area contributed by atoms with Gasteiger partial charge < -0.3 is 14.8 Å². The van der Waals surface area contributed by atoms with E-state index in [2.05, 4.69) is 15.1 Å². The molecule has 136 valence electrons. The number of nitrogens with one attached hydrogen (secondary N) is 1. The van der Waals surface area contributed by atoms with Crippen LogP contribution in [0.2, 0.25) is 0 Å². The van der Waals surface area contributed by atoms with E-state index in [-0.39, 0.29) is 30.0 Å². The molecule has 3 aromatic heterocycles. The number of ether oxygens (including phenoxy) is 1. The molecule has 7 nitrogen and oxygen atoms in total. The molecule has 27 heavy (non-hydrogen) atoms. The van der Waals surface area contributed by atoms with E-state index in [4.69, 9.17) is 4.74 Å². The van der Waals surface area contributed by atoms with Crippen LogP contribution in [-0.4, -0.2) is 31.3 Å². The monoisotopic (exact) mass is 362 g/mol. The van der Waals surface area contributed by atoms with E-state index in [1.165, 1.54) is 4.52 Å². The topological polar surface area (TPSA) is 92.5 Å². The summed E-state index contributed by atoms with van der Waals surface area (Å²) in [6.45, 7) is 2.08. The minimum absolute atomic E-state index is 0.185. The van der Waals surface area contributed by atoms with E-state index in [0.29, 0.717) is 28.3 Å². The van der Waals surface area contributed by atoms with E-state index in [1.54, 1.807) is 6.20 Å². The third-order valence-corrected chi connectivity index (χ3v) is 4.32. The molecule has 0 radical (unpaired) electrons. The minimum atomic E-state index is -0.367. The molecule has 0 atom stereocenters. The number of H-pyrrole nitrogens is 1. The average molecular weight is 362 g/mol. The molecule has 0 saturated carbocycles. The van der Waals surface area contributed by atoms with Gasteiger partial charge in [0.1, 0.15) is 11.4 Å². The van der Waals surface area contributed by atoms with Crippen molar-refractivity contribution in [3.05, 3.63) is 76.3 Å². The Hall–Kier alpha value is -3.61. The van der Waals surface area contributed by atoms with Gasteiger partial charge in [-0.2, -0.15) is 9.61 Å². The number of benzene rings is 1. The van der Waals surface area contributed by atoms with Crippen molar-refractivity contribution in [1.82, 2.24) is 19.6 Å². The van der Waals surface area contributed by atoms with Crippen LogP contribution < -0.4 is 10.3 Å². The quantitative estimate of drug-likeness (QED) is 0.569. The number of pyridine rings is 1. The predicted octanol–water partition coefficient (Wildman–Crippen LogP) is 2.72. The van der Waals surface area contributed by atoms with E-state index in [0.717, 1.165) is 0 Å². The first-order valence-corrected chi connectivity index (χ1v) is 8.58. The highest BCUT2D eigenvalue weighted by Gasteiger charge is 2.19. The van der Waals surface area contributed by atoms with Gasteiger partial charge in [0, 0.05) is 12.6 Å². The molecule has 4 rings (SSSR count). The molecule has 0 aliphatic rings. The summed E-state index contributed by atoms with van der Waals surface area (Å²) >= 11 is 0. The van der Waals surface area contributed by atoms with Crippen molar-refractivity contribution < 1.29 is 9.84 Å². The molecule has 0 aliphatic heterocycles. The number of rotatable bonds is 5. The summed E-state index contributed by atoms with van der Waals surface area (Å²) in [7, 11) is 0. The first-order valence-electron chi connectivity index (χ1n) is 8.58. The highest BCUT2D eigenvalue weighted by atomic mass is 16.5. The first kappa shape index (κ1) is 16.8. The largest absolute Gasteiger partial charge is 0.493 e. The second kappa shape index (κ2) is 6.95. The average Bonchev–Trinajstić information content (AvgIpc) is 3.02. The summed E-state index contributed by atoms with van der Waals surface area (Å²) in [5, 5.41) is 15.0. The number of aromatic hydroxyl groups is 1. The van der Waals surface area contributed by atoms with Crippen LogP contribution in [0.1, 0.15) is 11.3 Å². The fraction of sp³-hybridized carbons (Fsp3) is 0.150. The van der Waals surface area contributed by atoms with Crippen LogP contribution in [0.3, 0.4) is 0 Å². The van der Waals surface area contributed by atoms with Crippen LogP contribution in [-0.2, 0) is 6.42 Å². The molecule has 4 aromatic rings. The number of hydrogen-bond acceptors (Lipinski definition) is 5. The highest BCUT2D eigenvalue weighted by Crippen LogP contribution is 2.27. The number of para-hydroxylation sites is 1. The number of hydrogen-bond donors (Lipinski definition) is 2. The Morgan fingerprint density at radius 2 is 1.93 bits per heavy atom. The zero-order valence-corrected chi connectivity index (χ0v) is 14.7. The van der Waals surface area contributed by atoms with Gasteiger partial charge in [-0.3, -0.25) is 9.78 Å². The van der Waals surface area contributed by atoms with Gasteiger partial charge in [0.05, 0.1) is 29.1 Å². The molecule has 0 aliphatic carbocycles. The van der Waals surface area contributed by atoms with E-state index in [1.807, 2.05) is 55.5 Å². The fourth-order valence-corrected chi connectivity index (χ4v) is 3.04. The Balaban J connectivity index is 1.69. The van der Waals surface area contributed by atoms with Crippen LogP contribution in [0.15, 0.2) is 59.5 Å². The van der Waals surface area contributed by atoms with Gasteiger partial charge in [-0.25, -0.2) is 0 Å². The maximum atomic E-state index is 12.6. The normalized spacial score (nSPS) is 11.0. The second-order valence-electron chi connectivity index (χ2n) is 6.10. The van der Waals surface area contributed by atoms with Crippen molar-refractivity contribution in [2.45, 2.75) is 13.3 Å². The first-order chi connectivity index (χ1) is 13.1. The van der Waals surface area contributed by atoms with Crippen molar-refractivity contribution in [2.75, 3.05) is 6.61 Å². The smallest absolute Gasteiger partial charge is 0.258 e. The van der Waals surface area contributed by atoms with Crippen molar-refractivity contribution >= 4 is 5.65 Å². The Morgan fingerprint density at radius 1 is 1.15 bits per heavy atom. The van der Waals surface area contributed by atoms with Gasteiger partial charge in [-0.1, -0.05) is 24.3 Å². The van der Waals surface area contributed by atoms with Crippen molar-refractivity contribution in [2.24, 2.45) is 0 Å². The van der Waals surface area contributed by atoms with Crippen LogP contribution in [0.25, 0.3) is 16.9 Å². The summed E-state index contributed by atoms with van der Waals surface area (Å²) < 4.78 is 6.97. The van der Waals surface area contributed by atoms with E-state index >= 15 is 0 Å². The molecular weight excluding hydrogens is 344 g/mol. The molecule has 0 unspecified atom stereocenters. The zero-order valence-electron chi connectivity index (χ0n) is 14.7. The SMILES string of the molecule is Cc1nn2c(O)c(CCOc3ccccc3)c(=O)[nH]c2c1-c1ccccn1. The molecule has 0 saturated heterocycles. The van der Waals surface area contributed by atoms with Crippen LogP contribution in [0, 0.1) is 6.92 Å². The van der Waals surface area contributed by atoms with Gasteiger partial charge >= 0.3 is 0 Å². The number of aryl methyl sites for hydroxylation is 1. The molecule has 3 heterocycles. The molecular formula is C20H18N4O3. The third-order valence-electron chi connectivity index (χ3n) is 4.32. The minimum Gasteiger partial charge on any atom is -0.493 e. The maximum absolute atomic E-state index is 12.6. The van der Waals surface area contributed by atoms with E-state index in [9.17, 15) is 9.90 Å². The summed E-state index contributed by atoms with van der Waals surface area (Å²) in [5.74, 6) is 0.526. The number of aromatic amines is 1. The molecule has 7 heteroatoms. The summed E-state index contributed by atoms with van der Waals surface area (Å²) in [4.78, 5) is 19.7. The molecule has 2 N–H and O–H groups in total. The van der Waals surface area contributed by atoms with Gasteiger partial charge in [0.25, 0.3) is 5.56 Å². The standard InChI is InChI=1S/C20H18N4O3/c1-13-17(16-9-5-6-11-21-16)18-22-19(25)15(20(26)24(18)23-13)10-12-27-14-7-3-2-4-8-14/h2-9,11,26H,10,12H2,1H3,(H,22,25). The number of fused-ring (bicyclic) bond motifs is 1. The van der Waals surface area contributed by atoms with Crippen LogP contribution in [0.4, 0.5) is 0 Å². The lowest BCUT2D eigenvalue weighted by Crippen LogP contribution is -2.18. The van der Waals surface area contributed by atoms with Gasteiger partial charge in [0.2, 0.25) is 5.88 Å². The molecule has 0 bridgehead atoms.